The summed E-state index contributed by atoms with van der Waals surface area (Å²) in [6.07, 6.45) is 1.26. The summed E-state index contributed by atoms with van der Waals surface area (Å²) in [6, 6.07) is 8.32. The number of hydrogen-bond donors (Lipinski definition) is 0. The second kappa shape index (κ2) is 5.72. The van der Waals surface area contributed by atoms with Gasteiger partial charge in [-0.25, -0.2) is 0 Å². The van der Waals surface area contributed by atoms with E-state index >= 15 is 0 Å². The number of ether oxygens (including phenoxy) is 1. The fourth-order valence-corrected chi connectivity index (χ4v) is 1.78. The van der Waals surface area contributed by atoms with Crippen LogP contribution in [0.25, 0.3) is 0 Å². The Kier molecular flexibility index (Phi) is 4.85. The first kappa shape index (κ1) is 13.6. The van der Waals surface area contributed by atoms with Crippen molar-refractivity contribution in [2.45, 2.75) is 40.2 Å². The summed E-state index contributed by atoms with van der Waals surface area (Å²) in [4.78, 5) is 0. The van der Waals surface area contributed by atoms with Crippen LogP contribution in [0.1, 0.15) is 33.3 Å². The quantitative estimate of drug-likeness (QED) is 0.727. The van der Waals surface area contributed by atoms with Crippen LogP contribution in [0.15, 0.2) is 24.3 Å². The van der Waals surface area contributed by atoms with Crippen LogP contribution in [-0.4, -0.2) is 11.4 Å². The molecule has 0 fully saturated rings. The second-order valence-electron chi connectivity index (χ2n) is 5.25. The molecule has 2 heteroatoms. The molecule has 0 aromatic heterocycles. The Morgan fingerprint density at radius 1 is 1.25 bits per heavy atom. The number of hydrogen-bond acceptors (Lipinski definition) is 1. The smallest absolute Gasteiger partial charge is 0.122 e. The van der Waals surface area contributed by atoms with Crippen molar-refractivity contribution in [2.24, 2.45) is 5.41 Å². The molecule has 0 aliphatic rings. The monoisotopic (exact) mass is 284 g/mol. The molecule has 0 aliphatic heterocycles. The molecule has 1 aromatic rings. The normalized spacial score (nSPS) is 11.9. The summed E-state index contributed by atoms with van der Waals surface area (Å²) in [7, 11) is 0. The molecular formula is C14H21BrO. The zero-order valence-corrected chi connectivity index (χ0v) is 12.2. The van der Waals surface area contributed by atoms with Crippen molar-refractivity contribution in [1.82, 2.24) is 0 Å². The first-order chi connectivity index (χ1) is 7.44. The maximum Gasteiger partial charge on any atom is 0.122 e. The Morgan fingerprint density at radius 2 is 1.88 bits per heavy atom. The highest BCUT2D eigenvalue weighted by molar-refractivity contribution is 9.09. The number of alkyl halides is 1. The average Bonchev–Trinajstić information content (AvgIpc) is 2.20. The molecule has 0 N–H and O–H groups in total. The van der Waals surface area contributed by atoms with Gasteiger partial charge in [0.15, 0.2) is 0 Å². The molecule has 0 radical (unpaired) electrons. The lowest BCUT2D eigenvalue weighted by molar-refractivity contribution is 0.237. The van der Waals surface area contributed by atoms with Crippen molar-refractivity contribution < 1.29 is 4.74 Å². The van der Waals surface area contributed by atoms with Crippen molar-refractivity contribution in [1.29, 1.82) is 0 Å². The van der Waals surface area contributed by atoms with E-state index in [1.54, 1.807) is 0 Å². The molecule has 0 unspecified atom stereocenters. The van der Waals surface area contributed by atoms with E-state index < -0.39 is 0 Å². The minimum Gasteiger partial charge on any atom is -0.491 e. The minimum absolute atomic E-state index is 0.230. The Bertz CT molecular complexity index is 331. The standard InChI is InChI=1S/C14H21BrO/c1-11(2)16-13-8-6-5-7-12(13)9-14(3,4)10-15/h5-8,11H,9-10H2,1-4H3. The van der Waals surface area contributed by atoms with E-state index in [4.69, 9.17) is 4.74 Å². The largest absolute Gasteiger partial charge is 0.491 e. The van der Waals surface area contributed by atoms with Crippen molar-refractivity contribution >= 4 is 15.9 Å². The van der Waals surface area contributed by atoms with Gasteiger partial charge in [0.1, 0.15) is 5.75 Å². The highest BCUT2D eigenvalue weighted by atomic mass is 79.9. The van der Waals surface area contributed by atoms with Gasteiger partial charge in [0.25, 0.3) is 0 Å². The van der Waals surface area contributed by atoms with Crippen LogP contribution in [0.5, 0.6) is 5.75 Å². The number of benzene rings is 1. The van der Waals surface area contributed by atoms with Gasteiger partial charge in [0.2, 0.25) is 0 Å². The maximum absolute atomic E-state index is 5.82. The lowest BCUT2D eigenvalue weighted by Gasteiger charge is -2.23. The van der Waals surface area contributed by atoms with Gasteiger partial charge in [0.05, 0.1) is 6.10 Å². The first-order valence-corrected chi connectivity index (χ1v) is 6.87. The maximum atomic E-state index is 5.82. The van der Waals surface area contributed by atoms with Crippen LogP contribution >= 0.6 is 15.9 Å². The van der Waals surface area contributed by atoms with Gasteiger partial charge in [-0.15, -0.1) is 0 Å². The van der Waals surface area contributed by atoms with Gasteiger partial charge in [-0.1, -0.05) is 48.0 Å². The summed E-state index contributed by atoms with van der Waals surface area (Å²) in [5, 5.41) is 0.996. The molecule has 16 heavy (non-hydrogen) atoms. The lowest BCUT2D eigenvalue weighted by Crippen LogP contribution is -2.18. The van der Waals surface area contributed by atoms with Crippen molar-refractivity contribution in [3.8, 4) is 5.75 Å². The van der Waals surface area contributed by atoms with E-state index in [0.717, 1.165) is 17.5 Å². The highest BCUT2D eigenvalue weighted by Gasteiger charge is 2.19. The fraction of sp³-hybridized carbons (Fsp3) is 0.571. The summed E-state index contributed by atoms with van der Waals surface area (Å²) >= 11 is 3.56. The second-order valence-corrected chi connectivity index (χ2v) is 5.81. The Balaban J connectivity index is 2.86. The first-order valence-electron chi connectivity index (χ1n) is 5.75. The molecule has 0 spiro atoms. The summed E-state index contributed by atoms with van der Waals surface area (Å²) in [6.45, 7) is 8.64. The van der Waals surface area contributed by atoms with Gasteiger partial charge in [0, 0.05) is 5.33 Å². The molecule has 0 heterocycles. The van der Waals surface area contributed by atoms with E-state index in [1.165, 1.54) is 5.56 Å². The van der Waals surface area contributed by atoms with Crippen LogP contribution in [0.3, 0.4) is 0 Å². The minimum atomic E-state index is 0.230. The Hall–Kier alpha value is -0.500. The van der Waals surface area contributed by atoms with E-state index in [1.807, 2.05) is 6.07 Å². The number of rotatable bonds is 5. The summed E-state index contributed by atoms with van der Waals surface area (Å²) in [5.41, 5.74) is 1.55. The Morgan fingerprint density at radius 3 is 2.44 bits per heavy atom. The van der Waals surface area contributed by atoms with Crippen molar-refractivity contribution in [3.63, 3.8) is 0 Å². The van der Waals surface area contributed by atoms with Crippen LogP contribution in [0, 0.1) is 5.41 Å². The van der Waals surface area contributed by atoms with E-state index in [0.29, 0.717) is 0 Å². The van der Waals surface area contributed by atoms with Crippen LogP contribution < -0.4 is 4.74 Å². The van der Waals surface area contributed by atoms with Gasteiger partial charge in [-0.3, -0.25) is 0 Å². The van der Waals surface area contributed by atoms with Crippen molar-refractivity contribution in [3.05, 3.63) is 29.8 Å². The summed E-state index contributed by atoms with van der Waals surface area (Å²) in [5.74, 6) is 1.02. The highest BCUT2D eigenvalue weighted by Crippen LogP contribution is 2.29. The number of para-hydroxylation sites is 1. The third kappa shape index (κ3) is 4.17. The van der Waals surface area contributed by atoms with E-state index in [2.05, 4.69) is 61.8 Å². The Labute approximate surface area is 107 Å². The third-order valence-electron chi connectivity index (χ3n) is 2.37. The van der Waals surface area contributed by atoms with Gasteiger partial charge in [-0.05, 0) is 37.3 Å². The molecule has 1 rings (SSSR count). The van der Waals surface area contributed by atoms with E-state index in [-0.39, 0.29) is 11.5 Å². The molecule has 0 saturated carbocycles. The lowest BCUT2D eigenvalue weighted by atomic mass is 9.88. The molecular weight excluding hydrogens is 264 g/mol. The van der Waals surface area contributed by atoms with Crippen LogP contribution in [-0.2, 0) is 6.42 Å². The topological polar surface area (TPSA) is 9.23 Å². The molecule has 0 aliphatic carbocycles. The van der Waals surface area contributed by atoms with Crippen LogP contribution in [0.2, 0.25) is 0 Å². The van der Waals surface area contributed by atoms with Gasteiger partial charge in [-0.2, -0.15) is 0 Å². The molecule has 0 amide bonds. The number of halogens is 1. The third-order valence-corrected chi connectivity index (χ3v) is 3.88. The average molecular weight is 285 g/mol. The van der Waals surface area contributed by atoms with Gasteiger partial charge >= 0.3 is 0 Å². The molecule has 1 aromatic carbocycles. The van der Waals surface area contributed by atoms with Crippen molar-refractivity contribution in [2.75, 3.05) is 5.33 Å². The van der Waals surface area contributed by atoms with Crippen LogP contribution in [0.4, 0.5) is 0 Å². The molecule has 1 nitrogen and oxygen atoms in total. The molecule has 0 saturated heterocycles. The summed E-state index contributed by atoms with van der Waals surface area (Å²) < 4.78 is 5.82. The molecule has 0 atom stereocenters. The predicted molar refractivity (Wildman–Crippen MR) is 73.5 cm³/mol. The zero-order chi connectivity index (χ0) is 12.2. The van der Waals surface area contributed by atoms with E-state index in [9.17, 15) is 0 Å². The predicted octanol–water partition coefficient (Wildman–Crippen LogP) is 4.44. The molecule has 0 bridgehead atoms. The fourth-order valence-electron chi connectivity index (χ4n) is 1.58. The molecule has 90 valence electrons. The SMILES string of the molecule is CC(C)Oc1ccccc1CC(C)(C)CBr. The van der Waals surface area contributed by atoms with Gasteiger partial charge < -0.3 is 4.74 Å². The zero-order valence-electron chi connectivity index (χ0n) is 10.6.